The maximum absolute atomic E-state index is 11.6. The minimum atomic E-state index is -1.04. The summed E-state index contributed by atoms with van der Waals surface area (Å²) in [6.07, 6.45) is 1.36. The molecule has 0 aliphatic carbocycles. The molecular weight excluding hydrogens is 314 g/mol. The molecule has 1 atom stereocenters. The highest BCUT2D eigenvalue weighted by Crippen LogP contribution is 2.14. The minimum absolute atomic E-state index is 0.0212. The molecular formula is C17H21NO6. The van der Waals surface area contributed by atoms with Gasteiger partial charge in [0.2, 0.25) is 0 Å². The van der Waals surface area contributed by atoms with Crippen LogP contribution in [0.25, 0.3) is 0 Å². The lowest BCUT2D eigenvalue weighted by Gasteiger charge is -2.11. The van der Waals surface area contributed by atoms with Crippen LogP contribution in [0.1, 0.15) is 42.6 Å². The van der Waals surface area contributed by atoms with E-state index in [1.807, 2.05) is 5.48 Å². The van der Waals surface area contributed by atoms with Crippen LogP contribution >= 0.6 is 0 Å². The Bertz CT molecular complexity index is 611. The lowest BCUT2D eigenvalue weighted by molar-refractivity contribution is -0.161. The minimum Gasteiger partial charge on any atom is -0.478 e. The van der Waals surface area contributed by atoms with Crippen molar-refractivity contribution in [3.63, 3.8) is 0 Å². The molecule has 7 heteroatoms. The quantitative estimate of drug-likeness (QED) is 0.553. The average molecular weight is 335 g/mol. The maximum Gasteiger partial charge on any atom is 0.335 e. The van der Waals surface area contributed by atoms with E-state index in [0.717, 1.165) is 6.29 Å². The summed E-state index contributed by atoms with van der Waals surface area (Å²) >= 11 is 0. The number of benzene rings is 1. The van der Waals surface area contributed by atoms with E-state index in [-0.39, 0.29) is 24.3 Å². The molecule has 1 amide bonds. The highest BCUT2D eigenvalue weighted by Gasteiger charge is 2.15. The van der Waals surface area contributed by atoms with Crippen LogP contribution in [-0.4, -0.2) is 29.2 Å². The summed E-state index contributed by atoms with van der Waals surface area (Å²) in [6, 6.07) is 6.31. The average Bonchev–Trinajstić information content (AvgIpc) is 2.56. The third-order valence-corrected chi connectivity index (χ3v) is 3.34. The van der Waals surface area contributed by atoms with Crippen LogP contribution in [0.3, 0.4) is 0 Å². The molecule has 2 N–H and O–H groups in total. The van der Waals surface area contributed by atoms with Crippen molar-refractivity contribution in [3.05, 3.63) is 35.4 Å². The topological polar surface area (TPSA) is 110 Å². The Hall–Kier alpha value is -2.70. The van der Waals surface area contributed by atoms with Crippen molar-refractivity contribution in [3.8, 4) is 0 Å². The summed E-state index contributed by atoms with van der Waals surface area (Å²) in [7, 11) is 0. The lowest BCUT2D eigenvalue weighted by atomic mass is 9.95. The first-order chi connectivity index (χ1) is 11.3. The number of hydrogen-bond donors (Lipinski definition) is 2. The number of amides is 1. The number of carbonyl (C=O) groups excluding carboxylic acids is 3. The fraction of sp³-hybridized carbons (Fsp3) is 0.412. The van der Waals surface area contributed by atoms with E-state index in [0.29, 0.717) is 12.0 Å². The van der Waals surface area contributed by atoms with E-state index in [1.165, 1.54) is 12.1 Å². The maximum atomic E-state index is 11.6. The Morgan fingerprint density at radius 3 is 2.58 bits per heavy atom. The first kappa shape index (κ1) is 19.3. The number of hydroxylamine groups is 1. The molecule has 24 heavy (non-hydrogen) atoms. The van der Waals surface area contributed by atoms with E-state index in [9.17, 15) is 19.2 Å². The van der Waals surface area contributed by atoms with Crippen LogP contribution in [0, 0.1) is 11.8 Å². The summed E-state index contributed by atoms with van der Waals surface area (Å²) in [5.41, 5.74) is 2.90. The predicted molar refractivity (Wildman–Crippen MR) is 85.0 cm³/mol. The third-order valence-electron chi connectivity index (χ3n) is 3.34. The van der Waals surface area contributed by atoms with Crippen molar-refractivity contribution in [2.75, 3.05) is 0 Å². The van der Waals surface area contributed by atoms with Gasteiger partial charge in [0, 0.05) is 12.3 Å². The van der Waals surface area contributed by atoms with Crippen molar-refractivity contribution in [2.45, 2.75) is 33.1 Å². The fourth-order valence-electron chi connectivity index (χ4n) is 1.94. The van der Waals surface area contributed by atoms with E-state index in [2.05, 4.69) is 4.84 Å². The highest BCUT2D eigenvalue weighted by atomic mass is 16.7. The van der Waals surface area contributed by atoms with E-state index in [4.69, 9.17) is 5.11 Å². The van der Waals surface area contributed by atoms with Gasteiger partial charge in [-0.05, 0) is 30.5 Å². The SMILES string of the molecule is CC(C)C(=O)ONC(=O)CCC(C=O)Cc1cccc(C(=O)O)c1. The number of hydrogen-bond acceptors (Lipinski definition) is 5. The van der Waals surface area contributed by atoms with Crippen LogP contribution < -0.4 is 5.48 Å². The Morgan fingerprint density at radius 2 is 2.00 bits per heavy atom. The molecule has 7 nitrogen and oxygen atoms in total. The van der Waals surface area contributed by atoms with Gasteiger partial charge in [-0.15, -0.1) is 0 Å². The Kier molecular flexibility index (Phi) is 7.61. The highest BCUT2D eigenvalue weighted by molar-refractivity contribution is 5.87. The van der Waals surface area contributed by atoms with Crippen LogP contribution in [0.2, 0.25) is 0 Å². The molecule has 0 aliphatic rings. The molecule has 0 bridgehead atoms. The van der Waals surface area contributed by atoms with E-state index in [1.54, 1.807) is 26.0 Å². The van der Waals surface area contributed by atoms with Gasteiger partial charge in [0.05, 0.1) is 11.5 Å². The monoisotopic (exact) mass is 335 g/mol. The zero-order valence-corrected chi connectivity index (χ0v) is 13.7. The lowest BCUT2D eigenvalue weighted by Crippen LogP contribution is -2.29. The molecule has 1 aromatic carbocycles. The molecule has 0 spiro atoms. The van der Waals surface area contributed by atoms with Gasteiger partial charge in [0.1, 0.15) is 6.29 Å². The molecule has 0 saturated carbocycles. The van der Waals surface area contributed by atoms with E-state index < -0.39 is 23.8 Å². The molecule has 0 heterocycles. The largest absolute Gasteiger partial charge is 0.478 e. The van der Waals surface area contributed by atoms with Crippen LogP contribution in [0.15, 0.2) is 24.3 Å². The van der Waals surface area contributed by atoms with Gasteiger partial charge in [-0.25, -0.2) is 9.59 Å². The molecule has 1 rings (SSSR count). The van der Waals surface area contributed by atoms with Gasteiger partial charge < -0.3 is 14.7 Å². The second-order valence-corrected chi connectivity index (χ2v) is 5.75. The van der Waals surface area contributed by atoms with Gasteiger partial charge in [0.15, 0.2) is 0 Å². The molecule has 1 aromatic rings. The number of aromatic carboxylic acids is 1. The standard InChI is InChI=1S/C17H21NO6/c1-11(2)17(23)24-18-15(20)7-6-13(10-19)8-12-4-3-5-14(9-12)16(21)22/h3-5,9-11,13H,6-8H2,1-2H3,(H,18,20)(H,21,22). The van der Waals surface area contributed by atoms with Crippen molar-refractivity contribution in [2.24, 2.45) is 11.8 Å². The number of rotatable bonds is 8. The number of carbonyl (C=O) groups is 4. The summed E-state index contributed by atoms with van der Waals surface area (Å²) in [5.74, 6) is -2.85. The molecule has 0 radical (unpaired) electrons. The van der Waals surface area contributed by atoms with Gasteiger partial charge >= 0.3 is 11.9 Å². The molecule has 0 aliphatic heterocycles. The van der Waals surface area contributed by atoms with Crippen LogP contribution in [-0.2, 0) is 25.6 Å². The Labute approximate surface area is 140 Å². The van der Waals surface area contributed by atoms with Gasteiger partial charge in [-0.1, -0.05) is 26.0 Å². The van der Waals surface area contributed by atoms with Crippen LogP contribution in [0.4, 0.5) is 0 Å². The molecule has 0 fully saturated rings. The Balaban J connectivity index is 2.49. The first-order valence-electron chi connectivity index (χ1n) is 7.60. The predicted octanol–water partition coefficient (Wildman–Crippen LogP) is 1.75. The van der Waals surface area contributed by atoms with Crippen molar-refractivity contribution in [1.29, 1.82) is 0 Å². The zero-order valence-electron chi connectivity index (χ0n) is 13.7. The van der Waals surface area contributed by atoms with Crippen molar-refractivity contribution in [1.82, 2.24) is 5.48 Å². The Morgan fingerprint density at radius 1 is 1.29 bits per heavy atom. The second-order valence-electron chi connectivity index (χ2n) is 5.75. The molecule has 0 saturated heterocycles. The number of carboxylic acids is 1. The molecule has 130 valence electrons. The summed E-state index contributed by atoms with van der Waals surface area (Å²) in [6.45, 7) is 3.28. The molecule has 0 aromatic heterocycles. The normalized spacial score (nSPS) is 11.6. The number of nitrogens with one attached hydrogen (secondary N) is 1. The van der Waals surface area contributed by atoms with Crippen molar-refractivity contribution < 1.29 is 29.1 Å². The van der Waals surface area contributed by atoms with Gasteiger partial charge in [-0.2, -0.15) is 5.48 Å². The summed E-state index contributed by atoms with van der Waals surface area (Å²) in [4.78, 5) is 49.5. The van der Waals surface area contributed by atoms with Gasteiger partial charge in [-0.3, -0.25) is 4.79 Å². The third kappa shape index (κ3) is 6.60. The van der Waals surface area contributed by atoms with Crippen LogP contribution in [0.5, 0.6) is 0 Å². The fourth-order valence-corrected chi connectivity index (χ4v) is 1.94. The number of aldehydes is 1. The smallest absolute Gasteiger partial charge is 0.335 e. The second kappa shape index (κ2) is 9.44. The molecule has 1 unspecified atom stereocenters. The zero-order chi connectivity index (χ0) is 18.1. The number of carboxylic acid groups (broad SMARTS) is 1. The van der Waals surface area contributed by atoms with Gasteiger partial charge in [0.25, 0.3) is 5.91 Å². The van der Waals surface area contributed by atoms with Crippen molar-refractivity contribution >= 4 is 24.1 Å². The summed E-state index contributed by atoms with van der Waals surface area (Å²) in [5, 5.41) is 8.96. The van der Waals surface area contributed by atoms with E-state index >= 15 is 0 Å². The summed E-state index contributed by atoms with van der Waals surface area (Å²) < 4.78 is 0. The first-order valence-corrected chi connectivity index (χ1v) is 7.60.